The summed E-state index contributed by atoms with van der Waals surface area (Å²) < 4.78 is 0. The molecule has 0 saturated heterocycles. The summed E-state index contributed by atoms with van der Waals surface area (Å²) in [6.45, 7) is 4.40. The summed E-state index contributed by atoms with van der Waals surface area (Å²) in [7, 11) is 0. The van der Waals surface area contributed by atoms with Gasteiger partial charge in [0.05, 0.1) is 0 Å². The van der Waals surface area contributed by atoms with Crippen molar-refractivity contribution in [3.8, 4) is 0 Å². The molecule has 0 aromatic heterocycles. The molecule has 0 bridgehead atoms. The third kappa shape index (κ3) is 2.48. The van der Waals surface area contributed by atoms with Crippen LogP contribution in [0.15, 0.2) is 60.7 Å². The molecule has 4 rings (SSSR count). The summed E-state index contributed by atoms with van der Waals surface area (Å²) in [5.41, 5.74) is 4.73. The number of hydrogen-bond donors (Lipinski definition) is 1. The van der Waals surface area contributed by atoms with Crippen molar-refractivity contribution in [3.63, 3.8) is 0 Å². The minimum atomic E-state index is 0.0933. The van der Waals surface area contributed by atoms with E-state index < -0.39 is 0 Å². The first-order chi connectivity index (χ1) is 11.6. The third-order valence-corrected chi connectivity index (χ3v) is 4.99. The van der Waals surface area contributed by atoms with Crippen molar-refractivity contribution in [3.05, 3.63) is 77.4 Å². The van der Waals surface area contributed by atoms with Crippen LogP contribution in [-0.4, -0.2) is 5.91 Å². The summed E-state index contributed by atoms with van der Waals surface area (Å²) in [4.78, 5) is 12.2. The number of fused-ring (bicyclic) bond motifs is 3. The molecule has 0 saturated carbocycles. The molecule has 3 aromatic rings. The Balaban J connectivity index is 1.88. The predicted molar refractivity (Wildman–Crippen MR) is 99.6 cm³/mol. The summed E-state index contributed by atoms with van der Waals surface area (Å²) in [5.74, 6) is 0.721. The van der Waals surface area contributed by atoms with Crippen LogP contribution in [0.1, 0.15) is 48.8 Å². The Morgan fingerprint density at radius 3 is 2.46 bits per heavy atom. The van der Waals surface area contributed by atoms with Crippen LogP contribution >= 0.6 is 0 Å². The average Bonchev–Trinajstić information content (AvgIpc) is 2.60. The lowest BCUT2D eigenvalue weighted by atomic mass is 9.81. The molecule has 2 nitrogen and oxygen atoms in total. The molecular weight excluding hydrogens is 294 g/mol. The lowest BCUT2D eigenvalue weighted by Gasteiger charge is -2.28. The van der Waals surface area contributed by atoms with E-state index in [0.717, 1.165) is 5.69 Å². The number of carbonyl (C=O) groups excluding carboxylic acids is 1. The Kier molecular flexibility index (Phi) is 3.61. The number of rotatable bonds is 2. The molecule has 120 valence electrons. The number of nitrogens with one attached hydrogen (secondary N) is 1. The molecule has 1 unspecified atom stereocenters. The van der Waals surface area contributed by atoms with Gasteiger partial charge in [-0.1, -0.05) is 68.4 Å². The van der Waals surface area contributed by atoms with E-state index in [1.165, 1.54) is 27.5 Å². The van der Waals surface area contributed by atoms with Gasteiger partial charge in [-0.05, 0) is 39.4 Å². The molecular formula is C22H21NO. The maximum Gasteiger partial charge on any atom is 0.225 e. The number of carbonyl (C=O) groups is 1. The highest BCUT2D eigenvalue weighted by Crippen LogP contribution is 2.41. The smallest absolute Gasteiger partial charge is 0.225 e. The summed E-state index contributed by atoms with van der Waals surface area (Å²) in [6, 6.07) is 21.3. The summed E-state index contributed by atoms with van der Waals surface area (Å²) in [6.07, 6.45) is 0.502. The molecule has 1 aliphatic heterocycles. The molecule has 0 radical (unpaired) electrons. The lowest BCUT2D eigenvalue weighted by molar-refractivity contribution is -0.116. The average molecular weight is 315 g/mol. The highest BCUT2D eigenvalue weighted by molar-refractivity contribution is 6.01. The first kappa shape index (κ1) is 14.9. The van der Waals surface area contributed by atoms with Gasteiger partial charge in [-0.3, -0.25) is 4.79 Å². The van der Waals surface area contributed by atoms with Crippen LogP contribution in [0.2, 0.25) is 0 Å². The number of benzene rings is 3. The van der Waals surface area contributed by atoms with Crippen molar-refractivity contribution in [2.45, 2.75) is 32.1 Å². The quantitative estimate of drug-likeness (QED) is 0.670. The highest BCUT2D eigenvalue weighted by Gasteiger charge is 2.28. The maximum absolute atomic E-state index is 12.2. The van der Waals surface area contributed by atoms with E-state index >= 15 is 0 Å². The Labute approximate surface area is 142 Å². The van der Waals surface area contributed by atoms with E-state index in [-0.39, 0.29) is 11.8 Å². The van der Waals surface area contributed by atoms with Gasteiger partial charge in [0.2, 0.25) is 5.91 Å². The normalized spacial score (nSPS) is 17.0. The maximum atomic E-state index is 12.2. The van der Waals surface area contributed by atoms with E-state index in [1.54, 1.807) is 0 Å². The first-order valence-corrected chi connectivity index (χ1v) is 8.55. The molecule has 1 aliphatic rings. The van der Waals surface area contributed by atoms with E-state index in [9.17, 15) is 4.79 Å². The first-order valence-electron chi connectivity index (χ1n) is 8.55. The molecule has 1 atom stereocenters. The standard InChI is InChI=1S/C22H21NO/c1-14(2)15-7-9-17(10-8-15)19-13-21(24)23-20-12-11-16-5-3-4-6-18(16)22(19)20/h3-12,14,19H,13H2,1-2H3,(H,23,24). The number of amides is 1. The fourth-order valence-corrected chi connectivity index (χ4v) is 3.67. The van der Waals surface area contributed by atoms with Crippen molar-refractivity contribution in [2.75, 3.05) is 5.32 Å². The number of hydrogen-bond acceptors (Lipinski definition) is 1. The van der Waals surface area contributed by atoms with E-state index in [2.05, 4.69) is 73.8 Å². The van der Waals surface area contributed by atoms with Gasteiger partial charge in [-0.15, -0.1) is 0 Å². The van der Waals surface area contributed by atoms with Crippen molar-refractivity contribution in [1.82, 2.24) is 0 Å². The van der Waals surface area contributed by atoms with Crippen LogP contribution in [0.4, 0.5) is 5.69 Å². The van der Waals surface area contributed by atoms with E-state index in [4.69, 9.17) is 0 Å². The Hall–Kier alpha value is -2.61. The fraction of sp³-hybridized carbons (Fsp3) is 0.227. The molecule has 1 heterocycles. The molecule has 0 spiro atoms. The minimum absolute atomic E-state index is 0.0933. The summed E-state index contributed by atoms with van der Waals surface area (Å²) >= 11 is 0. The van der Waals surface area contributed by atoms with Crippen LogP contribution in [0, 0.1) is 0 Å². The second kappa shape index (κ2) is 5.79. The minimum Gasteiger partial charge on any atom is -0.326 e. The lowest BCUT2D eigenvalue weighted by Crippen LogP contribution is -2.23. The van der Waals surface area contributed by atoms with Crippen LogP contribution in [0.25, 0.3) is 10.8 Å². The van der Waals surface area contributed by atoms with Crippen molar-refractivity contribution in [1.29, 1.82) is 0 Å². The van der Waals surface area contributed by atoms with Gasteiger partial charge in [-0.2, -0.15) is 0 Å². The molecule has 1 N–H and O–H groups in total. The van der Waals surface area contributed by atoms with Gasteiger partial charge in [0.15, 0.2) is 0 Å². The van der Waals surface area contributed by atoms with Gasteiger partial charge >= 0.3 is 0 Å². The Bertz CT molecular complexity index is 909. The zero-order valence-electron chi connectivity index (χ0n) is 14.0. The molecule has 1 amide bonds. The van der Waals surface area contributed by atoms with Crippen molar-refractivity contribution < 1.29 is 4.79 Å². The van der Waals surface area contributed by atoms with Crippen LogP contribution in [0.5, 0.6) is 0 Å². The van der Waals surface area contributed by atoms with Gasteiger partial charge in [0.25, 0.3) is 0 Å². The second-order valence-corrected chi connectivity index (χ2v) is 6.87. The highest BCUT2D eigenvalue weighted by atomic mass is 16.1. The third-order valence-electron chi connectivity index (χ3n) is 4.99. The van der Waals surface area contributed by atoms with E-state index in [0.29, 0.717) is 12.3 Å². The van der Waals surface area contributed by atoms with Gasteiger partial charge in [0.1, 0.15) is 0 Å². The molecule has 2 heteroatoms. The van der Waals surface area contributed by atoms with Crippen molar-refractivity contribution in [2.24, 2.45) is 0 Å². The van der Waals surface area contributed by atoms with Crippen LogP contribution in [0.3, 0.4) is 0 Å². The SMILES string of the molecule is CC(C)c1ccc(C2CC(=O)Nc3ccc4ccccc4c32)cc1. The predicted octanol–water partition coefficient (Wildman–Crippen LogP) is 5.44. The van der Waals surface area contributed by atoms with Gasteiger partial charge < -0.3 is 5.32 Å². The Morgan fingerprint density at radius 1 is 0.958 bits per heavy atom. The largest absolute Gasteiger partial charge is 0.326 e. The fourth-order valence-electron chi connectivity index (χ4n) is 3.67. The van der Waals surface area contributed by atoms with E-state index in [1.807, 2.05) is 6.07 Å². The van der Waals surface area contributed by atoms with Crippen molar-refractivity contribution >= 4 is 22.4 Å². The monoisotopic (exact) mass is 315 g/mol. The molecule has 0 aliphatic carbocycles. The summed E-state index contributed by atoms with van der Waals surface area (Å²) in [5, 5.41) is 5.49. The zero-order chi connectivity index (χ0) is 16.7. The second-order valence-electron chi connectivity index (χ2n) is 6.87. The molecule has 24 heavy (non-hydrogen) atoms. The zero-order valence-corrected chi connectivity index (χ0v) is 14.0. The topological polar surface area (TPSA) is 29.1 Å². The van der Waals surface area contributed by atoms with Gasteiger partial charge in [0, 0.05) is 18.0 Å². The van der Waals surface area contributed by atoms with Gasteiger partial charge in [-0.25, -0.2) is 0 Å². The van der Waals surface area contributed by atoms with Crippen LogP contribution in [-0.2, 0) is 4.79 Å². The number of anilines is 1. The molecule has 3 aromatic carbocycles. The Morgan fingerprint density at radius 2 is 1.71 bits per heavy atom. The molecule has 0 fully saturated rings. The van der Waals surface area contributed by atoms with Crippen LogP contribution < -0.4 is 5.32 Å².